The van der Waals surface area contributed by atoms with Crippen LogP contribution in [0.3, 0.4) is 0 Å². The molecular formula is C16H13N. The SMILES string of the molecule is c1ccc2c(c1)CNc1ccccc1C1=C2C1. The minimum Gasteiger partial charge on any atom is -0.380 e. The average molecular weight is 219 g/mol. The molecule has 17 heavy (non-hydrogen) atoms. The van der Waals surface area contributed by atoms with Gasteiger partial charge in [-0.25, -0.2) is 0 Å². The van der Waals surface area contributed by atoms with Crippen molar-refractivity contribution in [3.05, 3.63) is 65.2 Å². The third-order valence-corrected chi connectivity index (χ3v) is 3.66. The van der Waals surface area contributed by atoms with E-state index in [4.69, 9.17) is 0 Å². The van der Waals surface area contributed by atoms with E-state index in [-0.39, 0.29) is 0 Å². The van der Waals surface area contributed by atoms with E-state index < -0.39 is 0 Å². The number of allylic oxidation sites excluding steroid dienone is 2. The molecule has 1 heterocycles. The van der Waals surface area contributed by atoms with E-state index in [1.807, 2.05) is 0 Å². The summed E-state index contributed by atoms with van der Waals surface area (Å²) in [5, 5.41) is 3.54. The number of benzene rings is 2. The fraction of sp³-hybridized carbons (Fsp3) is 0.125. The molecule has 2 aliphatic rings. The topological polar surface area (TPSA) is 12.0 Å². The van der Waals surface area contributed by atoms with E-state index in [1.165, 1.54) is 33.5 Å². The second-order valence-corrected chi connectivity index (χ2v) is 4.69. The molecule has 0 saturated carbocycles. The number of para-hydroxylation sites is 1. The van der Waals surface area contributed by atoms with Crippen LogP contribution in [0.25, 0.3) is 11.1 Å². The van der Waals surface area contributed by atoms with E-state index in [2.05, 4.69) is 53.8 Å². The van der Waals surface area contributed by atoms with Crippen LogP contribution >= 0.6 is 0 Å². The monoisotopic (exact) mass is 219 g/mol. The van der Waals surface area contributed by atoms with Crippen molar-refractivity contribution in [2.45, 2.75) is 13.0 Å². The molecule has 82 valence electrons. The predicted octanol–water partition coefficient (Wildman–Crippen LogP) is 3.93. The van der Waals surface area contributed by atoms with Crippen molar-refractivity contribution in [1.82, 2.24) is 0 Å². The molecule has 0 unspecified atom stereocenters. The zero-order chi connectivity index (χ0) is 11.2. The lowest BCUT2D eigenvalue weighted by molar-refractivity contribution is 1.14. The van der Waals surface area contributed by atoms with E-state index in [1.54, 1.807) is 0 Å². The van der Waals surface area contributed by atoms with Crippen LogP contribution < -0.4 is 5.32 Å². The lowest BCUT2D eigenvalue weighted by Crippen LogP contribution is -2.03. The highest BCUT2D eigenvalue weighted by Crippen LogP contribution is 2.50. The largest absolute Gasteiger partial charge is 0.380 e. The van der Waals surface area contributed by atoms with Crippen LogP contribution in [0.15, 0.2) is 48.5 Å². The van der Waals surface area contributed by atoms with Crippen LogP contribution in [-0.2, 0) is 6.54 Å². The van der Waals surface area contributed by atoms with Gasteiger partial charge in [-0.1, -0.05) is 42.5 Å². The Kier molecular flexibility index (Phi) is 1.72. The molecule has 1 aliphatic carbocycles. The Labute approximate surface area is 101 Å². The molecule has 1 aliphatic heterocycles. The minimum absolute atomic E-state index is 0.921. The maximum absolute atomic E-state index is 3.54. The van der Waals surface area contributed by atoms with Gasteiger partial charge in [0, 0.05) is 17.8 Å². The Morgan fingerprint density at radius 3 is 2.41 bits per heavy atom. The highest BCUT2D eigenvalue weighted by molar-refractivity contribution is 6.10. The zero-order valence-electron chi connectivity index (χ0n) is 9.53. The van der Waals surface area contributed by atoms with Crippen LogP contribution in [0.2, 0.25) is 0 Å². The number of anilines is 1. The summed E-state index contributed by atoms with van der Waals surface area (Å²) >= 11 is 0. The van der Waals surface area contributed by atoms with Gasteiger partial charge in [-0.2, -0.15) is 0 Å². The quantitative estimate of drug-likeness (QED) is 0.708. The van der Waals surface area contributed by atoms with Crippen LogP contribution in [-0.4, -0.2) is 0 Å². The fourth-order valence-corrected chi connectivity index (χ4v) is 2.71. The summed E-state index contributed by atoms with van der Waals surface area (Å²) in [6.07, 6.45) is 1.15. The van der Waals surface area contributed by atoms with Gasteiger partial charge >= 0.3 is 0 Å². The van der Waals surface area contributed by atoms with Crippen LogP contribution in [0.5, 0.6) is 0 Å². The Bertz CT molecular complexity index is 582. The highest BCUT2D eigenvalue weighted by atomic mass is 14.9. The first-order valence-corrected chi connectivity index (χ1v) is 6.07. The van der Waals surface area contributed by atoms with Gasteiger partial charge in [0.05, 0.1) is 0 Å². The van der Waals surface area contributed by atoms with Crippen molar-refractivity contribution >= 4 is 16.8 Å². The molecule has 0 saturated heterocycles. The van der Waals surface area contributed by atoms with Crippen molar-refractivity contribution in [3.8, 4) is 0 Å². The summed E-state index contributed by atoms with van der Waals surface area (Å²) in [5.41, 5.74) is 8.55. The molecule has 1 N–H and O–H groups in total. The predicted molar refractivity (Wildman–Crippen MR) is 71.6 cm³/mol. The molecule has 4 rings (SSSR count). The molecule has 1 nitrogen and oxygen atoms in total. The summed E-state index contributed by atoms with van der Waals surface area (Å²) in [7, 11) is 0. The first-order chi connectivity index (χ1) is 8.43. The van der Waals surface area contributed by atoms with Crippen molar-refractivity contribution in [1.29, 1.82) is 0 Å². The Balaban J connectivity index is 1.95. The number of rotatable bonds is 0. The van der Waals surface area contributed by atoms with Gasteiger partial charge in [0.25, 0.3) is 0 Å². The Morgan fingerprint density at radius 2 is 1.47 bits per heavy atom. The maximum atomic E-state index is 3.54. The second kappa shape index (κ2) is 3.24. The highest BCUT2D eigenvalue weighted by Gasteiger charge is 2.28. The number of hydrogen-bond acceptors (Lipinski definition) is 1. The van der Waals surface area contributed by atoms with Gasteiger partial charge in [-0.3, -0.25) is 0 Å². The van der Waals surface area contributed by atoms with Crippen LogP contribution in [0.4, 0.5) is 5.69 Å². The molecule has 0 spiro atoms. The molecule has 0 fully saturated rings. The number of hydrogen-bond donors (Lipinski definition) is 1. The standard InChI is InChI=1S/C16H13N/c1-2-6-12-11(5-1)10-17-16-8-4-3-7-13(16)15-9-14(12)15/h1-8,17H,9-10H2. The zero-order valence-corrected chi connectivity index (χ0v) is 9.53. The maximum Gasteiger partial charge on any atom is 0.0419 e. The van der Waals surface area contributed by atoms with Crippen LogP contribution in [0, 0.1) is 0 Å². The smallest absolute Gasteiger partial charge is 0.0419 e. The molecule has 0 atom stereocenters. The third-order valence-electron chi connectivity index (χ3n) is 3.66. The lowest BCUT2D eigenvalue weighted by Gasteiger charge is -2.14. The Hall–Kier alpha value is -2.02. The van der Waals surface area contributed by atoms with Gasteiger partial charge < -0.3 is 5.32 Å². The van der Waals surface area contributed by atoms with E-state index in [9.17, 15) is 0 Å². The normalized spacial score (nSPS) is 16.0. The Morgan fingerprint density at radius 1 is 0.765 bits per heavy atom. The fourth-order valence-electron chi connectivity index (χ4n) is 2.71. The molecule has 0 aromatic heterocycles. The average Bonchev–Trinajstić information content (AvgIpc) is 3.15. The molecule has 1 heteroatoms. The molecular weight excluding hydrogens is 206 g/mol. The van der Waals surface area contributed by atoms with Crippen molar-refractivity contribution in [3.63, 3.8) is 0 Å². The second-order valence-electron chi connectivity index (χ2n) is 4.69. The lowest BCUT2D eigenvalue weighted by atomic mass is 10.0. The first kappa shape index (κ1) is 9.06. The summed E-state index contributed by atoms with van der Waals surface area (Å²) in [6.45, 7) is 0.921. The first-order valence-electron chi connectivity index (χ1n) is 6.07. The van der Waals surface area contributed by atoms with Crippen molar-refractivity contribution < 1.29 is 0 Å². The molecule has 2 aromatic rings. The molecule has 0 amide bonds. The summed E-state index contributed by atoms with van der Waals surface area (Å²) in [4.78, 5) is 0. The van der Waals surface area contributed by atoms with Crippen molar-refractivity contribution in [2.24, 2.45) is 0 Å². The van der Waals surface area contributed by atoms with Gasteiger partial charge in [-0.05, 0) is 34.8 Å². The van der Waals surface area contributed by atoms with Gasteiger partial charge in [0.15, 0.2) is 0 Å². The summed E-state index contributed by atoms with van der Waals surface area (Å²) in [5.74, 6) is 0. The molecule has 0 radical (unpaired) electrons. The molecule has 2 aromatic carbocycles. The number of nitrogens with one attached hydrogen (secondary N) is 1. The van der Waals surface area contributed by atoms with E-state index in [0.29, 0.717) is 0 Å². The van der Waals surface area contributed by atoms with Gasteiger partial charge in [0.1, 0.15) is 0 Å². The van der Waals surface area contributed by atoms with Crippen molar-refractivity contribution in [2.75, 3.05) is 5.32 Å². The van der Waals surface area contributed by atoms with Crippen LogP contribution in [0.1, 0.15) is 23.1 Å². The summed E-state index contributed by atoms with van der Waals surface area (Å²) in [6, 6.07) is 17.3. The summed E-state index contributed by atoms with van der Waals surface area (Å²) < 4.78 is 0. The van der Waals surface area contributed by atoms with E-state index in [0.717, 1.165) is 13.0 Å². The third kappa shape index (κ3) is 1.32. The number of fused-ring (bicyclic) bond motifs is 4. The molecule has 0 bridgehead atoms. The van der Waals surface area contributed by atoms with Gasteiger partial charge in [0.2, 0.25) is 0 Å². The minimum atomic E-state index is 0.921. The van der Waals surface area contributed by atoms with E-state index >= 15 is 0 Å². The van der Waals surface area contributed by atoms with Gasteiger partial charge in [-0.15, -0.1) is 0 Å².